The van der Waals surface area contributed by atoms with Crippen LogP contribution in [0.2, 0.25) is 0 Å². The van der Waals surface area contributed by atoms with E-state index < -0.39 is 6.04 Å². The van der Waals surface area contributed by atoms with Gasteiger partial charge in [0.15, 0.2) is 0 Å². The summed E-state index contributed by atoms with van der Waals surface area (Å²) in [5.41, 5.74) is 7.55. The van der Waals surface area contributed by atoms with Crippen molar-refractivity contribution < 1.29 is 4.79 Å². The van der Waals surface area contributed by atoms with Crippen molar-refractivity contribution in [3.05, 3.63) is 16.6 Å². The molecule has 0 saturated carbocycles. The fraction of sp³-hybridized carbons (Fsp3) is 0.600. The predicted octanol–water partition coefficient (Wildman–Crippen LogP) is 1.08. The number of amides is 1. The second kappa shape index (κ2) is 5.23. The number of likely N-dealkylation sites (N-methyl/N-ethyl adjacent to an activating group) is 1. The van der Waals surface area contributed by atoms with Crippen LogP contribution < -0.4 is 5.73 Å². The third kappa shape index (κ3) is 3.28. The van der Waals surface area contributed by atoms with Crippen LogP contribution in [0.15, 0.2) is 11.7 Å². The number of thiazole rings is 1. The van der Waals surface area contributed by atoms with Crippen LogP contribution in [0.25, 0.3) is 0 Å². The van der Waals surface area contributed by atoms with Crippen LogP contribution in [-0.4, -0.2) is 28.9 Å². The Morgan fingerprint density at radius 2 is 2.33 bits per heavy atom. The van der Waals surface area contributed by atoms with Gasteiger partial charge in [0.1, 0.15) is 0 Å². The smallest absolute Gasteiger partial charge is 0.239 e. The predicted molar refractivity (Wildman–Crippen MR) is 61.4 cm³/mol. The molecule has 1 heterocycles. The molecule has 1 atom stereocenters. The molecule has 0 aromatic carbocycles. The van der Waals surface area contributed by atoms with Gasteiger partial charge in [-0.2, -0.15) is 0 Å². The van der Waals surface area contributed by atoms with Crippen molar-refractivity contribution in [3.63, 3.8) is 0 Å². The van der Waals surface area contributed by atoms with Gasteiger partial charge in [-0.3, -0.25) is 9.78 Å². The number of nitrogens with zero attached hydrogens (tertiary/aromatic N) is 2. The van der Waals surface area contributed by atoms with Gasteiger partial charge in [0.05, 0.1) is 18.1 Å². The topological polar surface area (TPSA) is 59.2 Å². The Bertz CT molecular complexity index is 310. The van der Waals surface area contributed by atoms with Gasteiger partial charge < -0.3 is 10.6 Å². The minimum Gasteiger partial charge on any atom is -0.339 e. The van der Waals surface area contributed by atoms with Crippen LogP contribution in [0.3, 0.4) is 0 Å². The Hall–Kier alpha value is -0.940. The first-order chi connectivity index (χ1) is 7.02. The number of rotatable bonds is 4. The normalized spacial score (nSPS) is 12.9. The lowest BCUT2D eigenvalue weighted by Crippen LogP contribution is -2.44. The fourth-order valence-electron chi connectivity index (χ4n) is 1.17. The highest BCUT2D eigenvalue weighted by molar-refractivity contribution is 7.09. The van der Waals surface area contributed by atoms with Gasteiger partial charge in [-0.05, 0) is 5.92 Å². The summed E-state index contributed by atoms with van der Waals surface area (Å²) in [6.45, 7) is 4.48. The zero-order chi connectivity index (χ0) is 11.4. The molecule has 0 aliphatic rings. The number of aromatic nitrogens is 1. The Morgan fingerprint density at radius 3 is 2.80 bits per heavy atom. The molecule has 1 rings (SSSR count). The summed E-state index contributed by atoms with van der Waals surface area (Å²) < 4.78 is 0. The van der Waals surface area contributed by atoms with Gasteiger partial charge in [0.2, 0.25) is 5.91 Å². The lowest BCUT2D eigenvalue weighted by Gasteiger charge is -2.22. The highest BCUT2D eigenvalue weighted by atomic mass is 32.1. The first-order valence-electron chi connectivity index (χ1n) is 4.90. The minimum atomic E-state index is -0.414. The maximum absolute atomic E-state index is 11.8. The van der Waals surface area contributed by atoms with E-state index in [0.717, 1.165) is 4.88 Å². The van der Waals surface area contributed by atoms with Gasteiger partial charge in [-0.25, -0.2) is 0 Å². The third-order valence-corrected chi connectivity index (χ3v) is 3.02. The SMILES string of the molecule is CC(C)[C@H](N)C(=O)N(C)Cc1cncs1. The summed E-state index contributed by atoms with van der Waals surface area (Å²) in [5.74, 6) is 0.153. The summed E-state index contributed by atoms with van der Waals surface area (Å²) in [6, 6.07) is -0.414. The second-order valence-electron chi connectivity index (χ2n) is 3.93. The molecule has 0 saturated heterocycles. The van der Waals surface area contributed by atoms with Crippen LogP contribution in [-0.2, 0) is 11.3 Å². The average molecular weight is 227 g/mol. The molecule has 1 aromatic rings. The largest absolute Gasteiger partial charge is 0.339 e. The van der Waals surface area contributed by atoms with Gasteiger partial charge in [-0.15, -0.1) is 11.3 Å². The average Bonchev–Trinajstić information content (AvgIpc) is 2.67. The van der Waals surface area contributed by atoms with Gasteiger partial charge >= 0.3 is 0 Å². The lowest BCUT2D eigenvalue weighted by atomic mass is 10.0. The van der Waals surface area contributed by atoms with Gasteiger partial charge in [0, 0.05) is 18.1 Å². The van der Waals surface area contributed by atoms with E-state index in [2.05, 4.69) is 4.98 Å². The molecule has 84 valence electrons. The highest BCUT2D eigenvalue weighted by Crippen LogP contribution is 2.10. The summed E-state index contributed by atoms with van der Waals surface area (Å²) in [4.78, 5) is 18.5. The maximum Gasteiger partial charge on any atom is 0.239 e. The molecule has 0 aliphatic heterocycles. The Kier molecular flexibility index (Phi) is 4.23. The van der Waals surface area contributed by atoms with Crippen molar-refractivity contribution >= 4 is 17.2 Å². The number of hydrogen-bond acceptors (Lipinski definition) is 4. The first kappa shape index (κ1) is 12.1. The van der Waals surface area contributed by atoms with Crippen LogP contribution in [0.1, 0.15) is 18.7 Å². The van der Waals surface area contributed by atoms with Crippen LogP contribution in [0.4, 0.5) is 0 Å². The number of nitrogens with two attached hydrogens (primary N) is 1. The maximum atomic E-state index is 11.8. The fourth-order valence-corrected chi connectivity index (χ4v) is 1.82. The van der Waals surface area contributed by atoms with E-state index in [1.54, 1.807) is 35.0 Å². The molecule has 1 amide bonds. The van der Waals surface area contributed by atoms with Crippen LogP contribution >= 0.6 is 11.3 Å². The molecule has 1 aromatic heterocycles. The van der Waals surface area contributed by atoms with Crippen LogP contribution in [0.5, 0.6) is 0 Å². The van der Waals surface area contributed by atoms with Gasteiger partial charge in [-0.1, -0.05) is 13.8 Å². The van der Waals surface area contributed by atoms with E-state index in [0.29, 0.717) is 6.54 Å². The second-order valence-corrected chi connectivity index (χ2v) is 4.90. The molecule has 15 heavy (non-hydrogen) atoms. The standard InChI is InChI=1S/C10H17N3OS/c1-7(2)9(11)10(14)13(3)5-8-4-12-6-15-8/h4,6-7,9H,5,11H2,1-3H3/t9-/m0/s1. The molecule has 0 aliphatic carbocycles. The first-order valence-corrected chi connectivity index (χ1v) is 5.78. The molecular weight excluding hydrogens is 210 g/mol. The summed E-state index contributed by atoms with van der Waals surface area (Å²) in [7, 11) is 1.77. The molecule has 0 radical (unpaired) electrons. The Balaban J connectivity index is 2.54. The van der Waals surface area contributed by atoms with Crippen molar-refractivity contribution in [1.82, 2.24) is 9.88 Å². The number of carbonyl (C=O) groups excluding carboxylic acids is 1. The third-order valence-electron chi connectivity index (χ3n) is 2.26. The molecular formula is C10H17N3OS. The van der Waals surface area contributed by atoms with E-state index >= 15 is 0 Å². The monoisotopic (exact) mass is 227 g/mol. The highest BCUT2D eigenvalue weighted by Gasteiger charge is 2.21. The molecule has 0 spiro atoms. The van der Waals surface area contributed by atoms with E-state index in [1.807, 2.05) is 13.8 Å². The molecule has 0 fully saturated rings. The van der Waals surface area contributed by atoms with Crippen molar-refractivity contribution in [2.45, 2.75) is 26.4 Å². The zero-order valence-electron chi connectivity index (χ0n) is 9.30. The van der Waals surface area contributed by atoms with Crippen molar-refractivity contribution in [1.29, 1.82) is 0 Å². The molecule has 2 N–H and O–H groups in total. The lowest BCUT2D eigenvalue weighted by molar-refractivity contribution is -0.132. The van der Waals surface area contributed by atoms with Crippen molar-refractivity contribution in [2.75, 3.05) is 7.05 Å². The zero-order valence-corrected chi connectivity index (χ0v) is 10.1. The number of carbonyl (C=O) groups is 1. The van der Waals surface area contributed by atoms with E-state index in [4.69, 9.17) is 5.73 Å². The van der Waals surface area contributed by atoms with E-state index in [-0.39, 0.29) is 11.8 Å². The summed E-state index contributed by atoms with van der Waals surface area (Å²) in [6.07, 6.45) is 1.77. The van der Waals surface area contributed by atoms with Crippen LogP contribution in [0, 0.1) is 5.92 Å². The molecule has 0 unspecified atom stereocenters. The summed E-state index contributed by atoms with van der Waals surface area (Å²) >= 11 is 1.54. The molecule has 0 bridgehead atoms. The van der Waals surface area contributed by atoms with E-state index in [1.165, 1.54) is 0 Å². The van der Waals surface area contributed by atoms with Gasteiger partial charge in [0.25, 0.3) is 0 Å². The molecule has 5 heteroatoms. The Labute approximate surface area is 94.1 Å². The summed E-state index contributed by atoms with van der Waals surface area (Å²) in [5, 5.41) is 0. The van der Waals surface area contributed by atoms with Crippen molar-refractivity contribution in [3.8, 4) is 0 Å². The quantitative estimate of drug-likeness (QED) is 0.837. The Morgan fingerprint density at radius 1 is 1.67 bits per heavy atom. The minimum absolute atomic E-state index is 0.0154. The van der Waals surface area contributed by atoms with Crippen molar-refractivity contribution in [2.24, 2.45) is 11.7 Å². The number of hydrogen-bond donors (Lipinski definition) is 1. The molecule has 4 nitrogen and oxygen atoms in total. The van der Waals surface area contributed by atoms with E-state index in [9.17, 15) is 4.79 Å².